The van der Waals surface area contributed by atoms with Crippen LogP contribution >= 0.6 is 0 Å². The fraction of sp³-hybridized carbons (Fsp3) is 0.0714. The Labute approximate surface area is 98.9 Å². The maximum Gasteiger partial charge on any atom is 0.145 e. The van der Waals surface area contributed by atoms with Crippen molar-refractivity contribution in [1.82, 2.24) is 0 Å². The Morgan fingerprint density at radius 3 is 2.71 bits per heavy atom. The third-order valence-corrected chi connectivity index (χ3v) is 2.28. The zero-order chi connectivity index (χ0) is 12.3. The normalized spacial score (nSPS) is 9.71. The van der Waals surface area contributed by atoms with Crippen LogP contribution in [0.1, 0.15) is 11.1 Å². The van der Waals surface area contributed by atoms with Crippen molar-refractivity contribution < 1.29 is 9.13 Å². The highest BCUT2D eigenvalue weighted by molar-refractivity contribution is 5.45. The molecule has 0 heterocycles. The first-order chi connectivity index (χ1) is 8.19. The van der Waals surface area contributed by atoms with Crippen LogP contribution in [0.4, 0.5) is 4.39 Å². The van der Waals surface area contributed by atoms with Crippen LogP contribution in [0.2, 0.25) is 0 Å². The molecule has 0 fully saturated rings. The maximum atomic E-state index is 12.9. The minimum atomic E-state index is -0.446. The number of rotatable bonds is 2. The van der Waals surface area contributed by atoms with Gasteiger partial charge in [-0.25, -0.2) is 4.39 Å². The Morgan fingerprint density at radius 1 is 1.18 bits per heavy atom. The van der Waals surface area contributed by atoms with E-state index in [2.05, 4.69) is 0 Å². The Kier molecular flexibility index (Phi) is 3.06. The number of hydrogen-bond donors (Lipinski definition) is 0. The summed E-state index contributed by atoms with van der Waals surface area (Å²) in [5.41, 5.74) is 1.25. The molecule has 84 valence electrons. The summed E-state index contributed by atoms with van der Waals surface area (Å²) in [4.78, 5) is 0. The summed E-state index contributed by atoms with van der Waals surface area (Å²) in [6.07, 6.45) is 0. The Morgan fingerprint density at radius 2 is 2.00 bits per heavy atom. The molecule has 0 radical (unpaired) electrons. The lowest BCUT2D eigenvalue weighted by atomic mass is 10.2. The van der Waals surface area contributed by atoms with Crippen LogP contribution in [-0.4, -0.2) is 0 Å². The highest BCUT2D eigenvalue weighted by Gasteiger charge is 2.06. The third kappa shape index (κ3) is 2.61. The maximum absolute atomic E-state index is 12.9. The van der Waals surface area contributed by atoms with E-state index in [1.54, 1.807) is 6.07 Å². The first-order valence-corrected chi connectivity index (χ1v) is 5.13. The Balaban J connectivity index is 2.34. The number of nitriles is 1. The molecule has 17 heavy (non-hydrogen) atoms. The van der Waals surface area contributed by atoms with Gasteiger partial charge in [-0.15, -0.1) is 0 Å². The minimum Gasteiger partial charge on any atom is -0.456 e. The molecular formula is C14H10FNO. The molecular weight excluding hydrogens is 217 g/mol. The van der Waals surface area contributed by atoms with Gasteiger partial charge in [0, 0.05) is 0 Å². The molecule has 2 aromatic carbocycles. The van der Waals surface area contributed by atoms with Crippen LogP contribution in [0, 0.1) is 24.1 Å². The first-order valence-electron chi connectivity index (χ1n) is 5.13. The summed E-state index contributed by atoms with van der Waals surface area (Å²) < 4.78 is 18.5. The highest BCUT2D eigenvalue weighted by Crippen LogP contribution is 2.25. The Bertz CT molecular complexity index is 587. The van der Waals surface area contributed by atoms with Gasteiger partial charge in [-0.2, -0.15) is 5.26 Å². The molecule has 0 amide bonds. The molecule has 2 aromatic rings. The highest BCUT2D eigenvalue weighted by atomic mass is 19.1. The lowest BCUT2D eigenvalue weighted by molar-refractivity contribution is 0.478. The van der Waals surface area contributed by atoms with Crippen molar-refractivity contribution in [2.24, 2.45) is 0 Å². The van der Waals surface area contributed by atoms with Crippen molar-refractivity contribution in [3.63, 3.8) is 0 Å². The second kappa shape index (κ2) is 4.67. The van der Waals surface area contributed by atoms with Gasteiger partial charge in [-0.1, -0.05) is 12.1 Å². The quantitative estimate of drug-likeness (QED) is 0.781. The topological polar surface area (TPSA) is 33.0 Å². The molecule has 0 saturated heterocycles. The number of ether oxygens (including phenoxy) is 1. The second-order valence-electron chi connectivity index (χ2n) is 3.67. The molecule has 0 unspecified atom stereocenters. The minimum absolute atomic E-state index is 0.187. The molecule has 0 atom stereocenters. The molecule has 0 N–H and O–H groups in total. The second-order valence-corrected chi connectivity index (χ2v) is 3.67. The lowest BCUT2D eigenvalue weighted by Gasteiger charge is -2.07. The van der Waals surface area contributed by atoms with Crippen LogP contribution in [0.5, 0.6) is 11.5 Å². The number of hydrogen-bond acceptors (Lipinski definition) is 2. The van der Waals surface area contributed by atoms with Crippen LogP contribution < -0.4 is 4.74 Å². The van der Waals surface area contributed by atoms with E-state index in [1.165, 1.54) is 12.1 Å². The van der Waals surface area contributed by atoms with Crippen LogP contribution in [0.15, 0.2) is 42.5 Å². The fourth-order valence-electron chi connectivity index (χ4n) is 1.48. The van der Waals surface area contributed by atoms with E-state index >= 15 is 0 Å². The van der Waals surface area contributed by atoms with Crippen LogP contribution in [0.25, 0.3) is 0 Å². The molecule has 0 saturated carbocycles. The zero-order valence-electron chi connectivity index (χ0n) is 9.27. The largest absolute Gasteiger partial charge is 0.456 e. The molecule has 3 heteroatoms. The van der Waals surface area contributed by atoms with Crippen molar-refractivity contribution in [2.75, 3.05) is 0 Å². The SMILES string of the molecule is Cc1cccc(Oc2ccc(F)cc2C#N)c1. The molecule has 2 nitrogen and oxygen atoms in total. The number of halogens is 1. The molecule has 0 aliphatic rings. The lowest BCUT2D eigenvalue weighted by Crippen LogP contribution is -1.89. The molecule has 0 bridgehead atoms. The summed E-state index contributed by atoms with van der Waals surface area (Å²) in [6, 6.07) is 13.2. The van der Waals surface area contributed by atoms with Gasteiger partial charge in [0.2, 0.25) is 0 Å². The van der Waals surface area contributed by atoms with Gasteiger partial charge in [0.25, 0.3) is 0 Å². The summed E-state index contributed by atoms with van der Waals surface area (Å²) in [5.74, 6) is 0.547. The predicted octanol–water partition coefficient (Wildman–Crippen LogP) is 3.80. The van der Waals surface area contributed by atoms with Crippen molar-refractivity contribution in [2.45, 2.75) is 6.92 Å². The third-order valence-electron chi connectivity index (χ3n) is 2.28. The van der Waals surface area contributed by atoms with Gasteiger partial charge in [0.1, 0.15) is 23.4 Å². The number of nitrogens with zero attached hydrogens (tertiary/aromatic N) is 1. The molecule has 0 spiro atoms. The predicted molar refractivity (Wildman–Crippen MR) is 62.4 cm³/mol. The van der Waals surface area contributed by atoms with Crippen molar-refractivity contribution in [3.8, 4) is 17.6 Å². The molecule has 2 rings (SSSR count). The summed E-state index contributed by atoms with van der Waals surface area (Å²) in [7, 11) is 0. The monoisotopic (exact) mass is 227 g/mol. The first kappa shape index (κ1) is 11.2. The van der Waals surface area contributed by atoms with E-state index in [9.17, 15) is 4.39 Å². The summed E-state index contributed by atoms with van der Waals surface area (Å²) >= 11 is 0. The average molecular weight is 227 g/mol. The van der Waals surface area contributed by atoms with E-state index in [0.717, 1.165) is 11.6 Å². The molecule has 0 aliphatic heterocycles. The van der Waals surface area contributed by atoms with Gasteiger partial charge in [-0.3, -0.25) is 0 Å². The van der Waals surface area contributed by atoms with Gasteiger partial charge in [0.15, 0.2) is 0 Å². The summed E-state index contributed by atoms with van der Waals surface area (Å²) in [6.45, 7) is 1.95. The van der Waals surface area contributed by atoms with Gasteiger partial charge in [-0.05, 0) is 42.8 Å². The standard InChI is InChI=1S/C14H10FNO/c1-10-3-2-4-13(7-10)17-14-6-5-12(15)8-11(14)9-16/h2-8H,1H3. The van der Waals surface area contributed by atoms with Crippen molar-refractivity contribution in [1.29, 1.82) is 5.26 Å². The molecule has 0 aliphatic carbocycles. The van der Waals surface area contributed by atoms with E-state index in [0.29, 0.717) is 11.5 Å². The zero-order valence-corrected chi connectivity index (χ0v) is 9.27. The molecule has 0 aromatic heterocycles. The van der Waals surface area contributed by atoms with E-state index in [4.69, 9.17) is 10.00 Å². The number of benzene rings is 2. The van der Waals surface area contributed by atoms with Crippen LogP contribution in [0.3, 0.4) is 0 Å². The summed E-state index contributed by atoms with van der Waals surface area (Å²) in [5, 5.41) is 8.88. The Hall–Kier alpha value is -2.34. The van der Waals surface area contributed by atoms with E-state index in [-0.39, 0.29) is 5.56 Å². The van der Waals surface area contributed by atoms with Crippen LogP contribution in [-0.2, 0) is 0 Å². The van der Waals surface area contributed by atoms with Crippen molar-refractivity contribution >= 4 is 0 Å². The smallest absolute Gasteiger partial charge is 0.145 e. The fourth-order valence-corrected chi connectivity index (χ4v) is 1.48. The average Bonchev–Trinajstić information content (AvgIpc) is 2.31. The van der Waals surface area contributed by atoms with Gasteiger partial charge in [0.05, 0.1) is 5.56 Å². The van der Waals surface area contributed by atoms with E-state index < -0.39 is 5.82 Å². The number of aryl methyl sites for hydroxylation is 1. The van der Waals surface area contributed by atoms with Gasteiger partial charge < -0.3 is 4.74 Å². The van der Waals surface area contributed by atoms with Gasteiger partial charge >= 0.3 is 0 Å². The van der Waals surface area contributed by atoms with Crippen molar-refractivity contribution in [3.05, 3.63) is 59.4 Å². The van der Waals surface area contributed by atoms with E-state index in [1.807, 2.05) is 31.2 Å².